The maximum Gasteiger partial charge on any atom is 0.317 e. The number of carbonyl (C=O) groups excluding carboxylic acids is 1. The maximum absolute atomic E-state index is 12.8. The zero-order valence-corrected chi connectivity index (χ0v) is 16.2. The summed E-state index contributed by atoms with van der Waals surface area (Å²) in [7, 11) is 3.22. The molecule has 1 aromatic carbocycles. The second-order valence-electron chi connectivity index (χ2n) is 6.36. The number of rotatable bonds is 6. The average Bonchev–Trinajstić information content (AvgIpc) is 2.61. The number of ether oxygens (including phenoxy) is 4. The van der Waals surface area contributed by atoms with E-state index in [1.54, 1.807) is 21.1 Å². The summed E-state index contributed by atoms with van der Waals surface area (Å²) in [5.74, 6) is 0.459. The van der Waals surface area contributed by atoms with Gasteiger partial charge in [-0.15, -0.1) is 0 Å². The van der Waals surface area contributed by atoms with Crippen molar-refractivity contribution < 1.29 is 23.7 Å². The van der Waals surface area contributed by atoms with E-state index in [4.69, 9.17) is 31.2 Å². The number of benzene rings is 1. The molecule has 2 bridgehead atoms. The van der Waals surface area contributed by atoms with Gasteiger partial charge in [-0.25, -0.2) is 0 Å². The third-order valence-corrected chi connectivity index (χ3v) is 5.24. The Labute approximate surface area is 158 Å². The summed E-state index contributed by atoms with van der Waals surface area (Å²) >= 11 is 5.56. The Morgan fingerprint density at radius 3 is 2.85 bits per heavy atom. The molecule has 2 aliphatic rings. The Balaban J connectivity index is 2.09. The van der Waals surface area contributed by atoms with E-state index in [0.717, 1.165) is 5.56 Å². The van der Waals surface area contributed by atoms with Crippen LogP contribution in [-0.4, -0.2) is 55.7 Å². The molecular formula is C18H24N2O5S. The number of methoxy groups -OCH3 is 2. The van der Waals surface area contributed by atoms with E-state index >= 15 is 0 Å². The lowest BCUT2D eigenvalue weighted by Crippen LogP contribution is -2.71. The van der Waals surface area contributed by atoms with Gasteiger partial charge < -0.3 is 29.2 Å². The molecule has 1 aromatic rings. The number of hydrogen-bond donors (Lipinski definition) is 1. The van der Waals surface area contributed by atoms with Crippen LogP contribution in [-0.2, 0) is 14.3 Å². The van der Waals surface area contributed by atoms with Crippen LogP contribution in [0.2, 0.25) is 0 Å². The fourth-order valence-electron chi connectivity index (χ4n) is 3.65. The number of thiocarbonyl (C=S) groups is 1. The minimum atomic E-state index is -0.973. The summed E-state index contributed by atoms with van der Waals surface area (Å²) in [6.45, 7) is 4.91. The third kappa shape index (κ3) is 2.97. The van der Waals surface area contributed by atoms with Gasteiger partial charge in [0, 0.05) is 19.2 Å². The summed E-state index contributed by atoms with van der Waals surface area (Å²) in [6, 6.07) is 5.20. The molecule has 0 aromatic heterocycles. The smallest absolute Gasteiger partial charge is 0.317 e. The van der Waals surface area contributed by atoms with Crippen molar-refractivity contribution in [3.05, 3.63) is 23.8 Å². The molecule has 8 heteroatoms. The molecule has 26 heavy (non-hydrogen) atoms. The fraction of sp³-hybridized carbons (Fsp3) is 0.556. The van der Waals surface area contributed by atoms with Gasteiger partial charge in [-0.3, -0.25) is 4.79 Å². The van der Waals surface area contributed by atoms with Gasteiger partial charge in [0.15, 0.2) is 10.8 Å². The molecular weight excluding hydrogens is 356 g/mol. The van der Waals surface area contributed by atoms with Crippen LogP contribution in [0.3, 0.4) is 0 Å². The highest BCUT2D eigenvalue weighted by Gasteiger charge is 2.59. The summed E-state index contributed by atoms with van der Waals surface area (Å²) in [5, 5.41) is 3.81. The van der Waals surface area contributed by atoms with Gasteiger partial charge in [0.2, 0.25) is 0 Å². The summed E-state index contributed by atoms with van der Waals surface area (Å²) in [4.78, 5) is 14.7. The first-order chi connectivity index (χ1) is 12.5. The Hall–Kier alpha value is -2.06. The van der Waals surface area contributed by atoms with Crippen molar-refractivity contribution in [3.63, 3.8) is 0 Å². The second-order valence-corrected chi connectivity index (χ2v) is 6.75. The topological polar surface area (TPSA) is 69.3 Å². The van der Waals surface area contributed by atoms with E-state index in [0.29, 0.717) is 36.4 Å². The second kappa shape index (κ2) is 7.28. The number of esters is 1. The van der Waals surface area contributed by atoms with E-state index in [1.165, 1.54) is 0 Å². The molecule has 0 amide bonds. The van der Waals surface area contributed by atoms with Crippen LogP contribution in [0.25, 0.3) is 0 Å². The molecule has 0 aliphatic carbocycles. The molecule has 0 radical (unpaired) electrons. The van der Waals surface area contributed by atoms with Crippen LogP contribution >= 0.6 is 12.2 Å². The monoisotopic (exact) mass is 380 g/mol. The first kappa shape index (κ1) is 18.7. The Kier molecular flexibility index (Phi) is 5.24. The number of nitrogens with zero attached hydrogens (tertiary/aromatic N) is 1. The Bertz CT molecular complexity index is 713. The van der Waals surface area contributed by atoms with Crippen LogP contribution < -0.4 is 14.8 Å². The zero-order chi connectivity index (χ0) is 18.9. The number of hydrogen-bond acceptors (Lipinski definition) is 6. The largest absolute Gasteiger partial charge is 0.497 e. The van der Waals surface area contributed by atoms with Crippen LogP contribution in [0.15, 0.2) is 18.2 Å². The third-order valence-electron chi connectivity index (χ3n) is 4.90. The van der Waals surface area contributed by atoms with Gasteiger partial charge in [-0.2, -0.15) is 0 Å². The quantitative estimate of drug-likeness (QED) is 0.592. The lowest BCUT2D eigenvalue weighted by molar-refractivity contribution is -0.176. The lowest BCUT2D eigenvalue weighted by Gasteiger charge is -2.55. The predicted octanol–water partition coefficient (Wildman–Crippen LogP) is 1.86. The molecule has 0 spiro atoms. The van der Waals surface area contributed by atoms with Crippen LogP contribution in [0.4, 0.5) is 0 Å². The van der Waals surface area contributed by atoms with Gasteiger partial charge in [-0.05, 0) is 44.3 Å². The van der Waals surface area contributed by atoms with E-state index in [2.05, 4.69) is 5.32 Å². The van der Waals surface area contributed by atoms with Crippen LogP contribution in [0.5, 0.6) is 11.5 Å². The molecule has 7 nitrogen and oxygen atoms in total. The first-order valence-electron chi connectivity index (χ1n) is 8.57. The summed E-state index contributed by atoms with van der Waals surface area (Å²) in [6.07, 6.45) is 0. The van der Waals surface area contributed by atoms with Crippen LogP contribution in [0.1, 0.15) is 25.5 Å². The van der Waals surface area contributed by atoms with Gasteiger partial charge in [0.1, 0.15) is 17.4 Å². The number of carbonyl (C=O) groups is 1. The van der Waals surface area contributed by atoms with Gasteiger partial charge in [0.05, 0.1) is 26.4 Å². The Morgan fingerprint density at radius 1 is 1.42 bits per heavy atom. The van der Waals surface area contributed by atoms with Crippen LogP contribution in [0, 0.1) is 5.92 Å². The number of nitrogens with one attached hydrogen (secondary N) is 1. The highest BCUT2D eigenvalue weighted by molar-refractivity contribution is 7.80. The minimum absolute atomic E-state index is 0.297. The fourth-order valence-corrected chi connectivity index (χ4v) is 4.05. The van der Waals surface area contributed by atoms with Crippen molar-refractivity contribution in [2.75, 3.05) is 34.0 Å². The highest BCUT2D eigenvalue weighted by Crippen LogP contribution is 2.49. The van der Waals surface area contributed by atoms with E-state index in [1.807, 2.05) is 30.0 Å². The molecule has 0 saturated carbocycles. The molecule has 1 N–H and O–H groups in total. The molecule has 2 heterocycles. The maximum atomic E-state index is 12.8. The first-order valence-corrected chi connectivity index (χ1v) is 8.97. The molecule has 3 rings (SSSR count). The van der Waals surface area contributed by atoms with Crippen molar-refractivity contribution in [2.24, 2.45) is 5.92 Å². The molecule has 2 aliphatic heterocycles. The van der Waals surface area contributed by atoms with Gasteiger partial charge in [0.25, 0.3) is 0 Å². The van der Waals surface area contributed by atoms with Crippen molar-refractivity contribution in [2.45, 2.75) is 25.6 Å². The van der Waals surface area contributed by atoms with Gasteiger partial charge in [-0.1, -0.05) is 0 Å². The zero-order valence-electron chi connectivity index (χ0n) is 15.4. The minimum Gasteiger partial charge on any atom is -0.497 e. The molecule has 3 atom stereocenters. The van der Waals surface area contributed by atoms with Crippen molar-refractivity contribution in [3.8, 4) is 11.5 Å². The Morgan fingerprint density at radius 2 is 2.19 bits per heavy atom. The molecule has 1 saturated heterocycles. The standard InChI is InChI=1S/C18H24N2O5S/c1-5-24-16(21)14-15-12-10-11(23-4)6-7-13(12)25-18(14,2)20(8-9-22-3)17(26)19-15/h6-7,10,14-15H,5,8-9H2,1-4H3,(H,19,26)/t14-,15+,18+/m1/s1. The van der Waals surface area contributed by atoms with E-state index in [9.17, 15) is 4.79 Å². The average molecular weight is 380 g/mol. The lowest BCUT2D eigenvalue weighted by atomic mass is 9.79. The predicted molar refractivity (Wildman–Crippen MR) is 99.2 cm³/mol. The molecule has 142 valence electrons. The number of fused-ring (bicyclic) bond motifs is 4. The molecule has 1 fully saturated rings. The van der Waals surface area contributed by atoms with Crippen molar-refractivity contribution in [1.82, 2.24) is 10.2 Å². The summed E-state index contributed by atoms with van der Waals surface area (Å²) < 4.78 is 22.2. The summed E-state index contributed by atoms with van der Waals surface area (Å²) in [5.41, 5.74) is -0.145. The van der Waals surface area contributed by atoms with E-state index < -0.39 is 11.6 Å². The molecule has 0 unspecified atom stereocenters. The van der Waals surface area contributed by atoms with Gasteiger partial charge >= 0.3 is 5.97 Å². The SMILES string of the molecule is CCOC(=O)[C@H]1[C@H]2NC(=S)N(CCOC)[C@@]1(C)Oc1ccc(OC)cc12. The highest BCUT2D eigenvalue weighted by atomic mass is 32.1. The normalized spacial score (nSPS) is 26.5. The van der Waals surface area contributed by atoms with Crippen molar-refractivity contribution in [1.29, 1.82) is 0 Å². The van der Waals surface area contributed by atoms with Crippen molar-refractivity contribution >= 4 is 23.3 Å². The van der Waals surface area contributed by atoms with E-state index in [-0.39, 0.29) is 12.0 Å².